The number of aromatic nitrogens is 1. The first-order valence-electron chi connectivity index (χ1n) is 6.15. The molecule has 0 bridgehead atoms. The molecule has 1 aromatic heterocycles. The third kappa shape index (κ3) is 6.31. The van der Waals surface area contributed by atoms with Crippen molar-refractivity contribution in [3.8, 4) is 0 Å². The third-order valence-corrected chi connectivity index (χ3v) is 3.22. The van der Waals surface area contributed by atoms with Crippen molar-refractivity contribution in [3.63, 3.8) is 0 Å². The van der Waals surface area contributed by atoms with Gasteiger partial charge < -0.3 is 16.4 Å². The predicted octanol–water partition coefficient (Wildman–Crippen LogP) is 1.09. The van der Waals surface area contributed by atoms with E-state index in [0.29, 0.717) is 5.92 Å². The largest absolute Gasteiger partial charge is 0.346 e. The van der Waals surface area contributed by atoms with Gasteiger partial charge in [0.1, 0.15) is 5.00 Å². The van der Waals surface area contributed by atoms with Gasteiger partial charge in [0, 0.05) is 0 Å². The first-order chi connectivity index (χ1) is 8.92. The van der Waals surface area contributed by atoms with Gasteiger partial charge in [-0.05, 0) is 19.3 Å². The molecule has 0 saturated heterocycles. The number of hydrogen-bond donors (Lipinski definition) is 3. The van der Waals surface area contributed by atoms with Crippen LogP contribution in [-0.2, 0) is 16.0 Å². The van der Waals surface area contributed by atoms with Gasteiger partial charge in [0.05, 0.1) is 23.8 Å². The first-order valence-corrected chi connectivity index (χ1v) is 6.97. The standard InChI is InChI=1S/C12H20N4O2S.ClH/c1-7(2)4-9-12(19-8(3)15-9)16-11(18)6-14-10(17)5-13;/h7H,4-6,13H2,1-3H3,(H,14,17)(H,16,18);1H. The van der Waals surface area contributed by atoms with Gasteiger partial charge in [0.15, 0.2) is 0 Å². The maximum Gasteiger partial charge on any atom is 0.244 e. The summed E-state index contributed by atoms with van der Waals surface area (Å²) >= 11 is 1.44. The number of amides is 2. The van der Waals surface area contributed by atoms with E-state index in [0.717, 1.165) is 22.1 Å². The molecule has 0 atom stereocenters. The van der Waals surface area contributed by atoms with E-state index in [1.54, 1.807) is 0 Å². The van der Waals surface area contributed by atoms with Crippen molar-refractivity contribution in [2.24, 2.45) is 11.7 Å². The fourth-order valence-electron chi connectivity index (χ4n) is 1.51. The lowest BCUT2D eigenvalue weighted by atomic mass is 10.1. The number of halogens is 1. The molecular formula is C12H21ClN4O2S. The highest BCUT2D eigenvalue weighted by Gasteiger charge is 2.13. The van der Waals surface area contributed by atoms with Crippen molar-refractivity contribution in [3.05, 3.63) is 10.7 Å². The summed E-state index contributed by atoms with van der Waals surface area (Å²) < 4.78 is 0. The molecule has 0 aliphatic rings. The summed E-state index contributed by atoms with van der Waals surface area (Å²) in [5, 5.41) is 6.88. The normalized spacial score (nSPS) is 10.1. The smallest absolute Gasteiger partial charge is 0.244 e. The van der Waals surface area contributed by atoms with E-state index in [4.69, 9.17) is 5.73 Å². The average molecular weight is 321 g/mol. The van der Waals surface area contributed by atoms with Gasteiger partial charge in [-0.15, -0.1) is 23.7 Å². The first kappa shape index (κ1) is 18.8. The second kappa shape index (κ2) is 8.89. The molecule has 20 heavy (non-hydrogen) atoms. The molecule has 0 aromatic carbocycles. The third-order valence-electron chi connectivity index (χ3n) is 2.29. The van der Waals surface area contributed by atoms with Crippen molar-refractivity contribution in [2.75, 3.05) is 18.4 Å². The van der Waals surface area contributed by atoms with Gasteiger partial charge in [-0.1, -0.05) is 13.8 Å². The SMILES string of the molecule is Cc1nc(CC(C)C)c(NC(=O)CNC(=O)CN)s1.Cl. The molecule has 0 saturated carbocycles. The second-order valence-corrected chi connectivity index (χ2v) is 5.84. The van der Waals surface area contributed by atoms with Crippen LogP contribution in [0.3, 0.4) is 0 Å². The minimum Gasteiger partial charge on any atom is -0.346 e. The summed E-state index contributed by atoms with van der Waals surface area (Å²) in [5.74, 6) is -0.150. The van der Waals surface area contributed by atoms with Crippen LogP contribution in [0.25, 0.3) is 0 Å². The maximum absolute atomic E-state index is 11.7. The number of carbonyl (C=O) groups is 2. The molecule has 8 heteroatoms. The van der Waals surface area contributed by atoms with Crippen LogP contribution in [0, 0.1) is 12.8 Å². The summed E-state index contributed by atoms with van der Waals surface area (Å²) in [7, 11) is 0. The van der Waals surface area contributed by atoms with Gasteiger partial charge in [0.2, 0.25) is 11.8 Å². The summed E-state index contributed by atoms with van der Waals surface area (Å²) in [6.45, 7) is 5.91. The number of nitrogens with zero attached hydrogens (tertiary/aromatic N) is 1. The number of aryl methyl sites for hydroxylation is 1. The monoisotopic (exact) mass is 320 g/mol. The maximum atomic E-state index is 11.7. The van der Waals surface area contributed by atoms with Gasteiger partial charge in [-0.2, -0.15) is 0 Å². The van der Waals surface area contributed by atoms with Crippen molar-refractivity contribution in [1.29, 1.82) is 0 Å². The Labute approximate surface area is 128 Å². The molecule has 0 aliphatic carbocycles. The highest BCUT2D eigenvalue weighted by atomic mass is 35.5. The lowest BCUT2D eigenvalue weighted by Crippen LogP contribution is -2.36. The Morgan fingerprint density at radius 3 is 2.55 bits per heavy atom. The van der Waals surface area contributed by atoms with Crippen molar-refractivity contribution < 1.29 is 9.59 Å². The van der Waals surface area contributed by atoms with Crippen LogP contribution in [0.1, 0.15) is 24.5 Å². The Morgan fingerprint density at radius 2 is 2.00 bits per heavy atom. The topological polar surface area (TPSA) is 97.1 Å². The van der Waals surface area contributed by atoms with Crippen LogP contribution in [0.5, 0.6) is 0 Å². The zero-order chi connectivity index (χ0) is 14.4. The quantitative estimate of drug-likeness (QED) is 0.730. The minimum atomic E-state index is -0.349. The van der Waals surface area contributed by atoms with Crippen molar-refractivity contribution in [1.82, 2.24) is 10.3 Å². The highest BCUT2D eigenvalue weighted by molar-refractivity contribution is 7.16. The number of nitrogens with two attached hydrogens (primary N) is 1. The Kier molecular flexibility index (Phi) is 8.36. The molecule has 0 radical (unpaired) electrons. The van der Waals surface area contributed by atoms with Crippen molar-refractivity contribution >= 4 is 40.6 Å². The van der Waals surface area contributed by atoms with Crippen LogP contribution < -0.4 is 16.4 Å². The van der Waals surface area contributed by atoms with Crippen molar-refractivity contribution in [2.45, 2.75) is 27.2 Å². The number of carbonyl (C=O) groups excluding carboxylic acids is 2. The summed E-state index contributed by atoms with van der Waals surface area (Å²) in [6.07, 6.45) is 0.815. The van der Waals surface area contributed by atoms with Crippen LogP contribution >= 0.6 is 23.7 Å². The Morgan fingerprint density at radius 1 is 1.35 bits per heavy atom. The molecule has 0 unspecified atom stereocenters. The zero-order valence-electron chi connectivity index (χ0n) is 11.9. The molecule has 0 spiro atoms. The van der Waals surface area contributed by atoms with E-state index < -0.39 is 0 Å². The molecule has 0 aliphatic heterocycles. The van der Waals surface area contributed by atoms with Crippen LogP contribution in [-0.4, -0.2) is 29.9 Å². The predicted molar refractivity (Wildman–Crippen MR) is 83.3 cm³/mol. The molecule has 0 fully saturated rings. The molecule has 1 rings (SSSR count). The van der Waals surface area contributed by atoms with Crippen LogP contribution in [0.4, 0.5) is 5.00 Å². The lowest BCUT2D eigenvalue weighted by Gasteiger charge is -2.07. The zero-order valence-corrected chi connectivity index (χ0v) is 13.5. The van der Waals surface area contributed by atoms with E-state index in [9.17, 15) is 9.59 Å². The van der Waals surface area contributed by atoms with Crippen LogP contribution in [0.15, 0.2) is 0 Å². The molecule has 4 N–H and O–H groups in total. The molecule has 1 heterocycles. The minimum absolute atomic E-state index is 0. The number of rotatable bonds is 6. The summed E-state index contributed by atoms with van der Waals surface area (Å²) in [6, 6.07) is 0. The van der Waals surface area contributed by atoms with E-state index >= 15 is 0 Å². The number of thiazole rings is 1. The molecule has 2 amide bonds. The highest BCUT2D eigenvalue weighted by Crippen LogP contribution is 2.26. The molecule has 1 aromatic rings. The second-order valence-electron chi connectivity index (χ2n) is 4.64. The Bertz CT molecular complexity index is 462. The number of anilines is 1. The van der Waals surface area contributed by atoms with E-state index in [1.165, 1.54) is 11.3 Å². The average Bonchev–Trinajstić information content (AvgIpc) is 2.65. The lowest BCUT2D eigenvalue weighted by molar-refractivity contribution is -0.123. The van der Waals surface area contributed by atoms with Crippen LogP contribution in [0.2, 0.25) is 0 Å². The van der Waals surface area contributed by atoms with Gasteiger partial charge in [0.25, 0.3) is 0 Å². The van der Waals surface area contributed by atoms with E-state index in [1.807, 2.05) is 6.92 Å². The van der Waals surface area contributed by atoms with Gasteiger partial charge in [-0.3, -0.25) is 9.59 Å². The fourth-order valence-corrected chi connectivity index (χ4v) is 2.38. The molecular weight excluding hydrogens is 300 g/mol. The van der Waals surface area contributed by atoms with Gasteiger partial charge >= 0.3 is 0 Å². The Hall–Kier alpha value is -1.18. The molecule has 6 nitrogen and oxygen atoms in total. The summed E-state index contributed by atoms with van der Waals surface area (Å²) in [5.41, 5.74) is 6.04. The fraction of sp³-hybridized carbons (Fsp3) is 0.583. The number of hydrogen-bond acceptors (Lipinski definition) is 5. The molecule has 114 valence electrons. The van der Waals surface area contributed by atoms with E-state index in [2.05, 4.69) is 29.5 Å². The van der Waals surface area contributed by atoms with E-state index in [-0.39, 0.29) is 37.3 Å². The summed E-state index contributed by atoms with van der Waals surface area (Å²) in [4.78, 5) is 27.1. The van der Waals surface area contributed by atoms with Gasteiger partial charge in [-0.25, -0.2) is 4.98 Å². The Balaban J connectivity index is 0.00000361. The number of nitrogens with one attached hydrogen (secondary N) is 2.